The summed E-state index contributed by atoms with van der Waals surface area (Å²) in [5.41, 5.74) is 0. The second-order valence-corrected chi connectivity index (χ2v) is 15.6. The summed E-state index contributed by atoms with van der Waals surface area (Å²) in [7, 11) is -4.75. The van der Waals surface area contributed by atoms with Crippen molar-refractivity contribution in [2.24, 2.45) is 0 Å². The number of phosphoric ester groups is 1. The van der Waals surface area contributed by atoms with Crippen molar-refractivity contribution in [1.29, 1.82) is 0 Å². The minimum absolute atomic E-state index is 0.206. The van der Waals surface area contributed by atoms with Crippen LogP contribution in [-0.2, 0) is 28.2 Å². The maximum Gasteiger partial charge on any atom is 0.469 e. The minimum Gasteiger partial charge on any atom is -0.462 e. The standard InChI is InChI=1S/C41H79O8P/c1-3-5-7-9-11-13-15-17-19-20-21-22-24-25-27-29-31-33-35-40(42)47-37-39(38-48-50(44,45)46)49-41(43)36-34-32-30-28-26-23-18-16-14-12-10-8-6-4-2/h16,18,39H,3-15,17,19-38H2,1-2H3,(H2,44,45,46)/b18-16-. The molecule has 2 N–H and O–H groups in total. The maximum atomic E-state index is 12.4. The van der Waals surface area contributed by atoms with Gasteiger partial charge >= 0.3 is 19.8 Å². The number of ether oxygens (including phenoxy) is 2. The first kappa shape index (κ1) is 48.8. The molecule has 0 heterocycles. The average molecular weight is 731 g/mol. The Balaban J connectivity index is 3.87. The monoisotopic (exact) mass is 731 g/mol. The van der Waals surface area contributed by atoms with Crippen molar-refractivity contribution in [2.45, 2.75) is 225 Å². The molecule has 0 amide bonds. The number of allylic oxidation sites excluding steroid dienone is 2. The predicted octanol–water partition coefficient (Wildman–Crippen LogP) is 12.6. The lowest BCUT2D eigenvalue weighted by molar-refractivity contribution is -0.161. The van der Waals surface area contributed by atoms with Gasteiger partial charge in [0.2, 0.25) is 0 Å². The molecule has 1 atom stereocenters. The van der Waals surface area contributed by atoms with E-state index in [1.165, 1.54) is 135 Å². The lowest BCUT2D eigenvalue weighted by Crippen LogP contribution is -2.29. The number of carbonyl (C=O) groups excluding carboxylic acids is 2. The molecule has 0 fully saturated rings. The van der Waals surface area contributed by atoms with Crippen molar-refractivity contribution in [3.05, 3.63) is 12.2 Å². The van der Waals surface area contributed by atoms with E-state index in [1.54, 1.807) is 0 Å². The lowest BCUT2D eigenvalue weighted by Gasteiger charge is -2.18. The number of unbranched alkanes of at least 4 members (excludes halogenated alkanes) is 27. The van der Waals surface area contributed by atoms with Gasteiger partial charge in [-0.05, 0) is 38.5 Å². The number of phosphoric acid groups is 1. The molecule has 0 bridgehead atoms. The van der Waals surface area contributed by atoms with Crippen LogP contribution < -0.4 is 0 Å². The summed E-state index contributed by atoms with van der Waals surface area (Å²) in [6.07, 6.45) is 40.8. The Bertz CT molecular complexity index is 827. The fraction of sp³-hybridized carbons (Fsp3) is 0.902. The molecule has 1 unspecified atom stereocenters. The largest absolute Gasteiger partial charge is 0.469 e. The Morgan fingerprint density at radius 3 is 1.22 bits per heavy atom. The van der Waals surface area contributed by atoms with E-state index in [9.17, 15) is 14.2 Å². The molecule has 0 aliphatic rings. The molecule has 0 aromatic carbocycles. The van der Waals surface area contributed by atoms with E-state index < -0.39 is 32.5 Å². The Morgan fingerprint density at radius 1 is 0.500 bits per heavy atom. The van der Waals surface area contributed by atoms with Crippen molar-refractivity contribution in [2.75, 3.05) is 13.2 Å². The number of hydrogen-bond acceptors (Lipinski definition) is 6. The van der Waals surface area contributed by atoms with Crippen LogP contribution in [-0.4, -0.2) is 41.0 Å². The summed E-state index contributed by atoms with van der Waals surface area (Å²) >= 11 is 0. The molecule has 0 saturated carbocycles. The van der Waals surface area contributed by atoms with Gasteiger partial charge in [-0.15, -0.1) is 0 Å². The summed E-state index contributed by atoms with van der Waals surface area (Å²) < 4.78 is 26.4. The molecule has 50 heavy (non-hydrogen) atoms. The molecule has 0 aliphatic heterocycles. The molecule has 0 rings (SSSR count). The van der Waals surface area contributed by atoms with Crippen molar-refractivity contribution in [3.63, 3.8) is 0 Å². The third-order valence-electron chi connectivity index (χ3n) is 9.28. The summed E-state index contributed by atoms with van der Waals surface area (Å²) in [6.45, 7) is 3.69. The first-order valence-electron chi connectivity index (χ1n) is 21.0. The molecule has 0 radical (unpaired) electrons. The lowest BCUT2D eigenvalue weighted by atomic mass is 10.0. The van der Waals surface area contributed by atoms with Crippen LogP contribution in [0.4, 0.5) is 0 Å². The maximum absolute atomic E-state index is 12.4. The van der Waals surface area contributed by atoms with Gasteiger partial charge < -0.3 is 19.3 Å². The van der Waals surface area contributed by atoms with Gasteiger partial charge in [-0.2, -0.15) is 0 Å². The number of carbonyl (C=O) groups is 2. The predicted molar refractivity (Wildman–Crippen MR) is 207 cm³/mol. The topological polar surface area (TPSA) is 119 Å². The minimum atomic E-state index is -4.75. The number of rotatable bonds is 39. The third kappa shape index (κ3) is 39.6. The average Bonchev–Trinajstić information content (AvgIpc) is 3.08. The van der Waals surface area contributed by atoms with E-state index >= 15 is 0 Å². The van der Waals surface area contributed by atoms with E-state index in [0.717, 1.165) is 51.4 Å². The molecular formula is C41H79O8P. The fourth-order valence-electron chi connectivity index (χ4n) is 6.13. The smallest absolute Gasteiger partial charge is 0.462 e. The Kier molecular flexibility index (Phi) is 36.6. The summed E-state index contributed by atoms with van der Waals surface area (Å²) in [5.74, 6) is -0.883. The first-order valence-corrected chi connectivity index (χ1v) is 22.5. The fourth-order valence-corrected chi connectivity index (χ4v) is 6.49. The van der Waals surface area contributed by atoms with Crippen LogP contribution in [0.3, 0.4) is 0 Å². The highest BCUT2D eigenvalue weighted by Gasteiger charge is 2.22. The highest BCUT2D eigenvalue weighted by molar-refractivity contribution is 7.46. The van der Waals surface area contributed by atoms with Crippen molar-refractivity contribution >= 4 is 19.8 Å². The van der Waals surface area contributed by atoms with Crippen LogP contribution in [0.2, 0.25) is 0 Å². The van der Waals surface area contributed by atoms with Gasteiger partial charge in [0.15, 0.2) is 6.10 Å². The number of esters is 2. The van der Waals surface area contributed by atoms with Crippen molar-refractivity contribution in [1.82, 2.24) is 0 Å². The molecule has 0 aromatic heterocycles. The summed E-state index contributed by atoms with van der Waals surface area (Å²) in [4.78, 5) is 42.8. The quantitative estimate of drug-likeness (QED) is 0.0278. The van der Waals surface area contributed by atoms with Crippen LogP contribution in [0.1, 0.15) is 219 Å². The zero-order valence-corrected chi connectivity index (χ0v) is 33.5. The van der Waals surface area contributed by atoms with Gasteiger partial charge in [-0.3, -0.25) is 14.1 Å². The molecule has 9 heteroatoms. The highest BCUT2D eigenvalue weighted by Crippen LogP contribution is 2.36. The van der Waals surface area contributed by atoms with Gasteiger partial charge in [0.25, 0.3) is 0 Å². The van der Waals surface area contributed by atoms with Crippen molar-refractivity contribution in [3.8, 4) is 0 Å². The second kappa shape index (κ2) is 37.5. The molecule has 296 valence electrons. The summed E-state index contributed by atoms with van der Waals surface area (Å²) in [5, 5.41) is 0. The Morgan fingerprint density at radius 2 is 0.840 bits per heavy atom. The van der Waals surface area contributed by atoms with Crippen LogP contribution in [0.5, 0.6) is 0 Å². The van der Waals surface area contributed by atoms with Gasteiger partial charge in [0.1, 0.15) is 6.61 Å². The van der Waals surface area contributed by atoms with Crippen LogP contribution in [0, 0.1) is 0 Å². The van der Waals surface area contributed by atoms with Crippen LogP contribution >= 0.6 is 7.82 Å². The SMILES string of the molecule is CCCCCCC/C=C\CCCCCCCC(=O)OC(COC(=O)CCCCCCCCCCCCCCCCCCCC)COP(=O)(O)O. The molecular weight excluding hydrogens is 651 g/mol. The highest BCUT2D eigenvalue weighted by atomic mass is 31.2. The molecule has 0 aliphatic carbocycles. The van der Waals surface area contributed by atoms with Gasteiger partial charge in [-0.1, -0.05) is 180 Å². The zero-order chi connectivity index (χ0) is 36.8. The summed E-state index contributed by atoms with van der Waals surface area (Å²) in [6, 6.07) is 0. The van der Waals surface area contributed by atoms with E-state index in [0.29, 0.717) is 6.42 Å². The van der Waals surface area contributed by atoms with E-state index in [4.69, 9.17) is 19.3 Å². The van der Waals surface area contributed by atoms with E-state index in [-0.39, 0.29) is 19.4 Å². The molecule has 0 saturated heterocycles. The van der Waals surface area contributed by atoms with E-state index in [1.807, 2.05) is 0 Å². The van der Waals surface area contributed by atoms with Crippen LogP contribution in [0.25, 0.3) is 0 Å². The first-order chi connectivity index (χ1) is 24.3. The normalized spacial score (nSPS) is 12.5. The second-order valence-electron chi connectivity index (χ2n) is 14.3. The Hall–Kier alpha value is -1.21. The van der Waals surface area contributed by atoms with Gasteiger partial charge in [-0.25, -0.2) is 4.57 Å². The van der Waals surface area contributed by atoms with Crippen molar-refractivity contribution < 1.29 is 37.9 Å². The molecule has 8 nitrogen and oxygen atoms in total. The molecule has 0 spiro atoms. The van der Waals surface area contributed by atoms with Gasteiger partial charge in [0.05, 0.1) is 6.61 Å². The van der Waals surface area contributed by atoms with Crippen LogP contribution in [0.15, 0.2) is 12.2 Å². The van der Waals surface area contributed by atoms with Gasteiger partial charge in [0, 0.05) is 12.8 Å². The zero-order valence-electron chi connectivity index (χ0n) is 32.6. The van der Waals surface area contributed by atoms with E-state index in [2.05, 4.69) is 30.5 Å². The molecule has 0 aromatic rings. The number of hydrogen-bond donors (Lipinski definition) is 2. The third-order valence-corrected chi connectivity index (χ3v) is 9.77. The Labute approximate surface area is 307 Å².